The third-order valence-corrected chi connectivity index (χ3v) is 2.62. The highest BCUT2D eigenvalue weighted by Gasteiger charge is 2.38. The topological polar surface area (TPSA) is 3.24 Å². The average Bonchev–Trinajstić information content (AvgIpc) is 2.14. The molecule has 0 saturated carbocycles. The molecule has 1 rings (SSSR count). The van der Waals surface area contributed by atoms with Gasteiger partial charge in [-0.25, -0.2) is 4.90 Å². The molecule has 0 saturated heterocycles. The molecular weight excluding hydrogens is 239 g/mol. The van der Waals surface area contributed by atoms with Crippen LogP contribution in [0.25, 0.3) is 0 Å². The first kappa shape index (κ1) is 13.3. The summed E-state index contributed by atoms with van der Waals surface area (Å²) in [6.07, 6.45) is -4.34. The van der Waals surface area contributed by atoms with Crippen LogP contribution in [0.2, 0.25) is 5.02 Å². The minimum atomic E-state index is -4.34. The molecule has 1 nitrogen and oxygen atoms in total. The van der Waals surface area contributed by atoms with Gasteiger partial charge in [-0.15, -0.1) is 0 Å². The minimum absolute atomic E-state index is 0.221. The van der Waals surface area contributed by atoms with E-state index < -0.39 is 12.3 Å². The zero-order chi connectivity index (χ0) is 12.3. The van der Waals surface area contributed by atoms with Crippen molar-refractivity contribution in [3.05, 3.63) is 34.9 Å². The summed E-state index contributed by atoms with van der Waals surface area (Å²) in [4.78, 5) is 0.453. The lowest BCUT2D eigenvalue weighted by molar-refractivity contribution is -0.259. The van der Waals surface area contributed by atoms with E-state index in [1.807, 2.05) is 0 Å². The maximum Gasteiger partial charge on any atom is 0.460 e. The molecule has 1 aromatic carbocycles. The first-order valence-corrected chi connectivity index (χ1v) is 5.27. The fourth-order valence-electron chi connectivity index (χ4n) is 1.38. The Kier molecular flexibility index (Phi) is 4.21. The lowest BCUT2D eigenvalue weighted by Crippen LogP contribution is -2.42. The number of alkyl halides is 3. The van der Waals surface area contributed by atoms with E-state index >= 15 is 0 Å². The summed E-state index contributed by atoms with van der Waals surface area (Å²) in [6.45, 7) is 2.79. The Labute approximate surface area is 97.8 Å². The van der Waals surface area contributed by atoms with E-state index in [-0.39, 0.29) is 6.54 Å². The van der Waals surface area contributed by atoms with Crippen molar-refractivity contribution >= 4 is 11.6 Å². The van der Waals surface area contributed by atoms with E-state index in [4.69, 9.17) is 11.6 Å². The Bertz CT molecular complexity index is 349. The second-order valence-electron chi connectivity index (χ2n) is 3.78. The van der Waals surface area contributed by atoms with E-state index in [9.17, 15) is 13.2 Å². The molecule has 0 radical (unpaired) electrons. The van der Waals surface area contributed by atoms with E-state index in [1.165, 1.54) is 13.8 Å². The molecule has 0 N–H and O–H groups in total. The molecule has 0 heterocycles. The van der Waals surface area contributed by atoms with Crippen molar-refractivity contribution in [3.8, 4) is 0 Å². The molecule has 0 fully saturated rings. The van der Waals surface area contributed by atoms with Gasteiger partial charge in [0, 0.05) is 17.6 Å². The summed E-state index contributed by atoms with van der Waals surface area (Å²) in [7, 11) is 0. The van der Waals surface area contributed by atoms with Crippen molar-refractivity contribution < 1.29 is 13.2 Å². The fourth-order valence-corrected chi connectivity index (χ4v) is 1.57. The maximum absolute atomic E-state index is 12.7. The summed E-state index contributed by atoms with van der Waals surface area (Å²) in [5, 5.41) is 0.359. The number of benzene rings is 1. The van der Waals surface area contributed by atoms with Gasteiger partial charge in [0.15, 0.2) is 0 Å². The Balaban J connectivity index is 2.89. The van der Waals surface area contributed by atoms with Crippen LogP contribution in [-0.2, 0) is 6.54 Å². The molecule has 0 aliphatic carbocycles. The SMILES string of the molecule is CC(C)N(Cc1ccccc1Cl)C(F)(F)F. The van der Waals surface area contributed by atoms with Gasteiger partial charge in [-0.2, -0.15) is 13.2 Å². The summed E-state index contributed by atoms with van der Waals surface area (Å²) >= 11 is 5.83. The second-order valence-corrected chi connectivity index (χ2v) is 4.19. The lowest BCUT2D eigenvalue weighted by atomic mass is 10.2. The molecule has 0 aliphatic heterocycles. The number of halogens is 4. The van der Waals surface area contributed by atoms with Crippen LogP contribution in [0.3, 0.4) is 0 Å². The molecule has 1 aromatic rings. The second kappa shape index (κ2) is 5.06. The highest BCUT2D eigenvalue weighted by molar-refractivity contribution is 6.31. The van der Waals surface area contributed by atoms with Crippen molar-refractivity contribution in [2.75, 3.05) is 0 Å². The van der Waals surface area contributed by atoms with E-state index in [0.29, 0.717) is 15.5 Å². The van der Waals surface area contributed by atoms with Gasteiger partial charge in [0.05, 0.1) is 0 Å². The number of hydrogen-bond donors (Lipinski definition) is 0. The molecule has 16 heavy (non-hydrogen) atoms. The van der Waals surface area contributed by atoms with Crippen LogP contribution in [-0.4, -0.2) is 17.2 Å². The number of nitrogens with zero attached hydrogens (tertiary/aromatic N) is 1. The van der Waals surface area contributed by atoms with Gasteiger partial charge in [-0.05, 0) is 25.5 Å². The zero-order valence-corrected chi connectivity index (χ0v) is 9.81. The Morgan fingerprint density at radius 3 is 2.25 bits per heavy atom. The van der Waals surface area contributed by atoms with Gasteiger partial charge >= 0.3 is 6.30 Å². The number of hydrogen-bond acceptors (Lipinski definition) is 1. The lowest BCUT2D eigenvalue weighted by Gasteiger charge is -2.28. The van der Waals surface area contributed by atoms with E-state index in [0.717, 1.165) is 0 Å². The van der Waals surface area contributed by atoms with Crippen molar-refractivity contribution in [2.45, 2.75) is 32.7 Å². The monoisotopic (exact) mass is 251 g/mol. The van der Waals surface area contributed by atoms with Crippen molar-refractivity contribution in [3.63, 3.8) is 0 Å². The average molecular weight is 252 g/mol. The summed E-state index contributed by atoms with van der Waals surface area (Å²) in [5.41, 5.74) is 0.482. The Morgan fingerprint density at radius 2 is 1.81 bits per heavy atom. The van der Waals surface area contributed by atoms with Gasteiger partial charge in [0.2, 0.25) is 0 Å². The molecule has 90 valence electrons. The predicted molar refractivity (Wildman–Crippen MR) is 58.2 cm³/mol. The molecule has 0 aromatic heterocycles. The van der Waals surface area contributed by atoms with Gasteiger partial charge in [-0.1, -0.05) is 29.8 Å². The summed E-state index contributed by atoms with van der Waals surface area (Å²) in [6, 6.07) is 5.95. The standard InChI is InChI=1S/C11H13ClF3N/c1-8(2)16(11(13,14)15)7-9-5-3-4-6-10(9)12/h3-6,8H,7H2,1-2H3. The van der Waals surface area contributed by atoms with Crippen LogP contribution in [0.4, 0.5) is 13.2 Å². The molecule has 0 bridgehead atoms. The highest BCUT2D eigenvalue weighted by atomic mass is 35.5. The third-order valence-electron chi connectivity index (χ3n) is 2.25. The van der Waals surface area contributed by atoms with Crippen LogP contribution < -0.4 is 0 Å². The van der Waals surface area contributed by atoms with Crippen molar-refractivity contribution in [2.24, 2.45) is 0 Å². The van der Waals surface area contributed by atoms with Gasteiger partial charge < -0.3 is 0 Å². The number of rotatable bonds is 3. The van der Waals surface area contributed by atoms with E-state index in [1.54, 1.807) is 24.3 Å². The third kappa shape index (κ3) is 3.39. The molecule has 5 heteroatoms. The molecular formula is C11H13ClF3N. The van der Waals surface area contributed by atoms with Gasteiger partial charge in [0.25, 0.3) is 0 Å². The summed E-state index contributed by atoms with van der Waals surface area (Å²) < 4.78 is 38.0. The quantitative estimate of drug-likeness (QED) is 0.732. The van der Waals surface area contributed by atoms with Crippen LogP contribution in [0, 0.1) is 0 Å². The smallest absolute Gasteiger partial charge is 0.208 e. The van der Waals surface area contributed by atoms with Crippen molar-refractivity contribution in [1.82, 2.24) is 4.90 Å². The fraction of sp³-hybridized carbons (Fsp3) is 0.455. The van der Waals surface area contributed by atoms with Crippen LogP contribution in [0.5, 0.6) is 0 Å². The minimum Gasteiger partial charge on any atom is -0.208 e. The van der Waals surface area contributed by atoms with Gasteiger partial charge in [0.1, 0.15) is 0 Å². The first-order chi connectivity index (χ1) is 7.32. The molecule has 0 amide bonds. The van der Waals surface area contributed by atoms with Crippen molar-refractivity contribution in [1.29, 1.82) is 0 Å². The summed E-state index contributed by atoms with van der Waals surface area (Å²) in [5.74, 6) is 0. The maximum atomic E-state index is 12.7. The molecule has 0 spiro atoms. The van der Waals surface area contributed by atoms with Gasteiger partial charge in [-0.3, -0.25) is 0 Å². The largest absolute Gasteiger partial charge is 0.460 e. The highest BCUT2D eigenvalue weighted by Crippen LogP contribution is 2.28. The molecule has 0 atom stereocenters. The Morgan fingerprint density at radius 1 is 1.25 bits per heavy atom. The van der Waals surface area contributed by atoms with Crippen LogP contribution >= 0.6 is 11.6 Å². The molecule has 0 aliphatic rings. The molecule has 0 unspecified atom stereocenters. The predicted octanol–water partition coefficient (Wildman–Crippen LogP) is 4.07. The first-order valence-electron chi connectivity index (χ1n) is 4.89. The van der Waals surface area contributed by atoms with Crippen LogP contribution in [0.1, 0.15) is 19.4 Å². The normalized spacial score (nSPS) is 12.5. The Hall–Kier alpha value is -0.740. The van der Waals surface area contributed by atoms with E-state index in [2.05, 4.69) is 0 Å². The van der Waals surface area contributed by atoms with Crippen LogP contribution in [0.15, 0.2) is 24.3 Å². The zero-order valence-electron chi connectivity index (χ0n) is 9.05.